The van der Waals surface area contributed by atoms with Gasteiger partial charge in [0, 0.05) is 52.4 Å². The number of carbonyl (C=O) groups is 8. The first kappa shape index (κ1) is 117. The molecule has 0 saturated carbocycles. The molecule has 0 aromatic rings. The van der Waals surface area contributed by atoms with Gasteiger partial charge in [0.25, 0.3) is 0 Å². The summed E-state index contributed by atoms with van der Waals surface area (Å²) in [5.41, 5.74) is 0. The minimum atomic E-state index is -1.45. The van der Waals surface area contributed by atoms with Gasteiger partial charge in [-0.05, 0) is 174 Å². The Morgan fingerprint density at radius 1 is 0.230 bits per heavy atom. The highest BCUT2D eigenvalue weighted by molar-refractivity contribution is 5.82. The Bertz CT molecular complexity index is 2110. The molecule has 4 unspecified atom stereocenters. The Morgan fingerprint density at radius 3 is 0.582 bits per heavy atom. The summed E-state index contributed by atoms with van der Waals surface area (Å²) in [5.74, 6) is -2.76. The molecule has 0 rings (SSSR count). The zero-order valence-corrected chi connectivity index (χ0v) is 80.0. The topological polar surface area (TPSA) is 312 Å². The van der Waals surface area contributed by atoms with Crippen LogP contribution in [0.15, 0.2) is 0 Å². The smallest absolute Gasteiger partial charge is 0.308 e. The van der Waals surface area contributed by atoms with E-state index in [2.05, 4.69) is 81.6 Å². The number of rotatable bonds is 92. The largest absolute Gasteiger partial charge is 0.465 e. The number of aliphatic hydroxyl groups is 4. The maximum Gasteiger partial charge on any atom is 0.308 e. The molecule has 23 heteroatoms. The van der Waals surface area contributed by atoms with Crippen molar-refractivity contribution in [2.24, 2.45) is 23.7 Å². The lowest BCUT2D eigenvalue weighted by atomic mass is 9.94. The van der Waals surface area contributed by atoms with Crippen LogP contribution in [0.3, 0.4) is 0 Å². The standard InChI is InChI=1S/C99H191N7O16/c1-10-18-26-42-60-84(61-43-27-19-11-2)96(115)119-76-54-38-34-50-68-100-92(111)88(107)80-105(81-89(108)93(112)101-69-51-35-39-55-77-120-97(116)85(62-44-28-20-12-3)63-45-29-21-13-4)74-58-72-104(9)73-59-75-106(82-90(109)94(113)102-70-52-36-40-56-78-121-98(117)86(64-46-30-22-14-5)65-47-31-23-15-6)83-91(110)95(114)103-71-53-37-41-57-79-122-99(118)87(66-48-32-24-16-7)67-49-33-25-17-8/h84-91,107-110H,10-83H2,1-9H3,(H,100,111)(H,101,112)(H,102,113)(H,103,114). The molecule has 4 atom stereocenters. The van der Waals surface area contributed by atoms with Gasteiger partial charge in [0.05, 0.1) is 50.1 Å². The van der Waals surface area contributed by atoms with E-state index in [0.717, 1.165) is 283 Å². The lowest BCUT2D eigenvalue weighted by Gasteiger charge is -2.28. The second kappa shape index (κ2) is 85.9. The summed E-state index contributed by atoms with van der Waals surface area (Å²) in [5, 5.41) is 56.9. The molecule has 0 aliphatic carbocycles. The van der Waals surface area contributed by atoms with Gasteiger partial charge in [-0.25, -0.2) is 0 Å². The molecule has 0 fully saturated rings. The summed E-state index contributed by atoms with van der Waals surface area (Å²) in [4.78, 5) is 112. The number of unbranched alkanes of at least 4 members (excludes halogenated alkanes) is 36. The maximum absolute atomic E-state index is 13.5. The Hall–Kier alpha value is -4.52. The maximum atomic E-state index is 13.5. The number of nitrogens with zero attached hydrogens (tertiary/aromatic N) is 3. The molecule has 122 heavy (non-hydrogen) atoms. The van der Waals surface area contributed by atoms with E-state index < -0.39 is 48.0 Å². The summed E-state index contributed by atoms with van der Waals surface area (Å²) < 4.78 is 23.1. The number of esters is 4. The number of ether oxygens (including phenoxy) is 4. The van der Waals surface area contributed by atoms with Crippen molar-refractivity contribution in [2.75, 3.05) is 112 Å². The van der Waals surface area contributed by atoms with E-state index >= 15 is 0 Å². The van der Waals surface area contributed by atoms with E-state index in [-0.39, 0.29) is 73.7 Å². The van der Waals surface area contributed by atoms with Crippen molar-refractivity contribution in [1.29, 1.82) is 0 Å². The molecule has 0 aliphatic rings. The van der Waals surface area contributed by atoms with Crippen molar-refractivity contribution in [3.8, 4) is 0 Å². The lowest BCUT2D eigenvalue weighted by molar-refractivity contribution is -0.150. The van der Waals surface area contributed by atoms with Crippen molar-refractivity contribution >= 4 is 47.5 Å². The van der Waals surface area contributed by atoms with Crippen LogP contribution < -0.4 is 21.3 Å². The molecular weight excluding hydrogens is 1540 g/mol. The molecule has 0 saturated heterocycles. The van der Waals surface area contributed by atoms with Crippen LogP contribution in [-0.4, -0.2) is 219 Å². The van der Waals surface area contributed by atoms with E-state index in [9.17, 15) is 58.8 Å². The van der Waals surface area contributed by atoms with Crippen molar-refractivity contribution in [2.45, 2.75) is 452 Å². The van der Waals surface area contributed by atoms with Crippen LogP contribution in [0.1, 0.15) is 428 Å². The average molecular weight is 1740 g/mol. The highest BCUT2D eigenvalue weighted by atomic mass is 16.5. The van der Waals surface area contributed by atoms with Crippen molar-refractivity contribution < 1.29 is 77.7 Å². The van der Waals surface area contributed by atoms with Gasteiger partial charge in [-0.2, -0.15) is 0 Å². The van der Waals surface area contributed by atoms with Crippen LogP contribution in [0.2, 0.25) is 0 Å². The van der Waals surface area contributed by atoms with Crippen molar-refractivity contribution in [3.05, 3.63) is 0 Å². The molecule has 718 valence electrons. The Morgan fingerprint density at radius 2 is 0.402 bits per heavy atom. The van der Waals surface area contributed by atoms with Gasteiger partial charge in [0.2, 0.25) is 23.6 Å². The van der Waals surface area contributed by atoms with Gasteiger partial charge in [-0.3, -0.25) is 48.2 Å². The van der Waals surface area contributed by atoms with E-state index in [0.29, 0.717) is 117 Å². The fourth-order valence-corrected chi connectivity index (χ4v) is 15.9. The van der Waals surface area contributed by atoms with Gasteiger partial charge < -0.3 is 65.5 Å². The number of carbonyl (C=O) groups excluding carboxylic acids is 8. The molecule has 23 nitrogen and oxygen atoms in total. The molecule has 0 spiro atoms. The monoisotopic (exact) mass is 1730 g/mol. The zero-order valence-electron chi connectivity index (χ0n) is 80.0. The number of hydrogen-bond acceptors (Lipinski definition) is 19. The Labute approximate surface area is 745 Å². The van der Waals surface area contributed by atoms with Gasteiger partial charge in [0.1, 0.15) is 24.4 Å². The number of aliphatic hydroxyl groups excluding tert-OH is 4. The molecule has 0 bridgehead atoms. The third-order valence-corrected chi connectivity index (χ3v) is 24.0. The third-order valence-electron chi connectivity index (χ3n) is 24.0. The minimum absolute atomic E-state index is 0.0485. The van der Waals surface area contributed by atoms with Gasteiger partial charge >= 0.3 is 23.9 Å². The van der Waals surface area contributed by atoms with E-state index in [4.69, 9.17) is 18.9 Å². The van der Waals surface area contributed by atoms with Crippen LogP contribution in [0.4, 0.5) is 0 Å². The second-order valence-electron chi connectivity index (χ2n) is 35.7. The first-order chi connectivity index (χ1) is 59.3. The Kier molecular flexibility index (Phi) is 82.7. The van der Waals surface area contributed by atoms with Crippen LogP contribution >= 0.6 is 0 Å². The summed E-state index contributed by atoms with van der Waals surface area (Å²) in [7, 11) is 1.94. The summed E-state index contributed by atoms with van der Waals surface area (Å²) in [6.07, 6.45) is 50.3. The van der Waals surface area contributed by atoms with E-state index in [1.165, 1.54) is 51.4 Å². The fraction of sp³-hybridized carbons (Fsp3) is 0.919. The number of amides is 4. The van der Waals surface area contributed by atoms with Crippen molar-refractivity contribution in [3.63, 3.8) is 0 Å². The predicted octanol–water partition coefficient (Wildman–Crippen LogP) is 18.9. The van der Waals surface area contributed by atoms with Crippen LogP contribution in [-0.2, 0) is 57.3 Å². The lowest BCUT2D eigenvalue weighted by Crippen LogP contribution is -2.49. The second-order valence-corrected chi connectivity index (χ2v) is 35.7. The quantitative estimate of drug-likeness (QED) is 0.0159. The molecule has 0 aromatic heterocycles. The predicted molar refractivity (Wildman–Crippen MR) is 497 cm³/mol. The molecule has 0 aliphatic heterocycles. The van der Waals surface area contributed by atoms with Crippen LogP contribution in [0.25, 0.3) is 0 Å². The first-order valence-corrected chi connectivity index (χ1v) is 50.9. The molecular formula is C99H191N7O16. The van der Waals surface area contributed by atoms with Crippen LogP contribution in [0.5, 0.6) is 0 Å². The summed E-state index contributed by atoms with van der Waals surface area (Å²) in [6.45, 7) is 21.5. The number of hydrogen-bond donors (Lipinski definition) is 8. The Balaban J connectivity index is 6.08. The molecule has 0 radical (unpaired) electrons. The highest BCUT2D eigenvalue weighted by Crippen LogP contribution is 2.26. The minimum Gasteiger partial charge on any atom is -0.465 e. The zero-order chi connectivity index (χ0) is 90.0. The van der Waals surface area contributed by atoms with E-state index in [1.54, 1.807) is 9.80 Å². The fourth-order valence-electron chi connectivity index (χ4n) is 15.9. The molecule has 4 amide bonds. The molecule has 0 aromatic carbocycles. The normalized spacial score (nSPS) is 12.8. The first-order valence-electron chi connectivity index (χ1n) is 50.9. The van der Waals surface area contributed by atoms with Gasteiger partial charge in [-0.15, -0.1) is 0 Å². The van der Waals surface area contributed by atoms with Gasteiger partial charge in [-0.1, -0.05) is 287 Å². The van der Waals surface area contributed by atoms with Gasteiger partial charge in [0.15, 0.2) is 0 Å². The third kappa shape index (κ3) is 69.6. The molecule has 0 heterocycles. The number of nitrogens with one attached hydrogen (secondary N) is 4. The highest BCUT2D eigenvalue weighted by Gasteiger charge is 2.28. The van der Waals surface area contributed by atoms with Crippen LogP contribution in [0, 0.1) is 23.7 Å². The summed E-state index contributed by atoms with van der Waals surface area (Å²) in [6, 6.07) is 0. The average Bonchev–Trinajstić information content (AvgIpc) is 0.914. The van der Waals surface area contributed by atoms with Crippen molar-refractivity contribution in [1.82, 2.24) is 36.0 Å². The van der Waals surface area contributed by atoms with E-state index in [1.807, 2.05) is 7.05 Å². The molecule has 8 N–H and O–H groups in total. The SMILES string of the molecule is CCCCCCC(CCCCCC)C(=O)OCCCCCCNC(=O)C(O)CN(CCCN(C)CCCN(CC(O)C(=O)NCCCCCCOC(=O)C(CCCCCC)CCCCCC)CC(O)C(=O)NCCCCCCOC(=O)C(CCCCCC)CCCCCC)CC(O)C(=O)NCCCCCCOC(=O)C(CCCCCC)CCCCCC. The summed E-state index contributed by atoms with van der Waals surface area (Å²) >= 11 is 0.